The van der Waals surface area contributed by atoms with Crippen LogP contribution in [-0.2, 0) is 14.8 Å². The Morgan fingerprint density at radius 2 is 1.73 bits per heavy atom. The monoisotopic (exact) mass is 377 g/mol. The molecular weight excluding hydrogens is 358 g/mol. The molecule has 0 radical (unpaired) electrons. The number of benzene rings is 2. The smallest absolute Gasteiger partial charge is 0.343 e. The van der Waals surface area contributed by atoms with Crippen molar-refractivity contribution in [2.45, 2.75) is 4.90 Å². The van der Waals surface area contributed by atoms with Crippen LogP contribution in [0, 0.1) is 0 Å². The summed E-state index contributed by atoms with van der Waals surface area (Å²) in [5.74, 6) is 0.0212. The first-order valence-corrected chi connectivity index (χ1v) is 9.49. The average Bonchev–Trinajstić information content (AvgIpc) is 2.69. The summed E-state index contributed by atoms with van der Waals surface area (Å²) >= 11 is 0. The summed E-state index contributed by atoms with van der Waals surface area (Å²) in [6, 6.07) is 12.6. The van der Waals surface area contributed by atoms with Crippen LogP contribution < -0.4 is 9.47 Å². The number of methoxy groups -OCH3 is 1. The Morgan fingerprint density at radius 3 is 2.42 bits per heavy atom. The second-order valence-electron chi connectivity index (χ2n) is 5.58. The average molecular weight is 377 g/mol. The Balaban J connectivity index is 1.83. The predicted molar refractivity (Wildman–Crippen MR) is 94.0 cm³/mol. The van der Waals surface area contributed by atoms with Crippen molar-refractivity contribution in [3.63, 3.8) is 0 Å². The number of nitrogens with zero attached hydrogens (tertiary/aromatic N) is 1. The van der Waals surface area contributed by atoms with Crippen molar-refractivity contribution in [2.24, 2.45) is 0 Å². The number of ether oxygens (including phenoxy) is 3. The molecule has 3 rings (SSSR count). The number of para-hydroxylation sites is 2. The Labute approximate surface area is 152 Å². The third-order valence-corrected chi connectivity index (χ3v) is 5.84. The molecule has 0 saturated carbocycles. The van der Waals surface area contributed by atoms with Gasteiger partial charge in [-0.1, -0.05) is 18.2 Å². The maximum Gasteiger partial charge on any atom is 0.343 e. The van der Waals surface area contributed by atoms with Crippen molar-refractivity contribution in [1.82, 2.24) is 4.31 Å². The van der Waals surface area contributed by atoms with Gasteiger partial charge in [0.15, 0.2) is 11.5 Å². The molecule has 2 aromatic carbocycles. The first kappa shape index (κ1) is 18.4. The zero-order valence-electron chi connectivity index (χ0n) is 14.3. The van der Waals surface area contributed by atoms with Crippen LogP contribution in [0.4, 0.5) is 0 Å². The lowest BCUT2D eigenvalue weighted by atomic mass is 10.2. The van der Waals surface area contributed by atoms with Gasteiger partial charge in [0.25, 0.3) is 0 Å². The molecule has 1 fully saturated rings. The summed E-state index contributed by atoms with van der Waals surface area (Å²) in [6.45, 7) is 1.29. The molecule has 1 heterocycles. The van der Waals surface area contributed by atoms with Crippen LogP contribution in [0.1, 0.15) is 10.4 Å². The second-order valence-corrected chi connectivity index (χ2v) is 7.52. The fourth-order valence-corrected chi connectivity index (χ4v) is 4.04. The normalized spacial score (nSPS) is 15.4. The molecule has 0 atom stereocenters. The first-order chi connectivity index (χ1) is 12.5. The van der Waals surface area contributed by atoms with E-state index in [2.05, 4.69) is 0 Å². The van der Waals surface area contributed by atoms with Crippen LogP contribution >= 0.6 is 0 Å². The Morgan fingerprint density at radius 1 is 1.04 bits per heavy atom. The van der Waals surface area contributed by atoms with Gasteiger partial charge in [-0.15, -0.1) is 0 Å². The van der Waals surface area contributed by atoms with E-state index in [-0.39, 0.29) is 29.3 Å². The maximum absolute atomic E-state index is 12.7. The van der Waals surface area contributed by atoms with E-state index in [0.717, 1.165) is 0 Å². The molecule has 0 unspecified atom stereocenters. The van der Waals surface area contributed by atoms with E-state index in [9.17, 15) is 13.2 Å². The van der Waals surface area contributed by atoms with E-state index in [4.69, 9.17) is 14.2 Å². The minimum Gasteiger partial charge on any atom is -0.493 e. The molecular formula is C18H19NO6S. The fraction of sp³-hybridized carbons (Fsp3) is 0.278. The lowest BCUT2D eigenvalue weighted by molar-refractivity contribution is 0.0725. The number of sulfonamides is 1. The second kappa shape index (κ2) is 7.86. The van der Waals surface area contributed by atoms with Crippen LogP contribution in [0.2, 0.25) is 0 Å². The first-order valence-electron chi connectivity index (χ1n) is 8.05. The highest BCUT2D eigenvalue weighted by Crippen LogP contribution is 2.27. The molecule has 26 heavy (non-hydrogen) atoms. The van der Waals surface area contributed by atoms with Gasteiger partial charge in [0.05, 0.1) is 30.8 Å². The minimum atomic E-state index is -3.68. The van der Waals surface area contributed by atoms with Gasteiger partial charge < -0.3 is 14.2 Å². The number of carbonyl (C=O) groups is 1. The predicted octanol–water partition coefficient (Wildman–Crippen LogP) is 1.94. The highest BCUT2D eigenvalue weighted by Gasteiger charge is 2.27. The van der Waals surface area contributed by atoms with Gasteiger partial charge in [0.1, 0.15) is 0 Å². The zero-order chi connectivity index (χ0) is 18.6. The molecule has 0 bridgehead atoms. The topological polar surface area (TPSA) is 82.1 Å². The molecule has 0 aliphatic carbocycles. The Bertz CT molecular complexity index is 890. The van der Waals surface area contributed by atoms with Crippen LogP contribution in [0.25, 0.3) is 0 Å². The summed E-state index contributed by atoms with van der Waals surface area (Å²) in [5.41, 5.74) is 0.144. The van der Waals surface area contributed by atoms with Gasteiger partial charge in [-0.2, -0.15) is 4.31 Å². The fourth-order valence-electron chi connectivity index (χ4n) is 2.58. The number of morpholine rings is 1. The van der Waals surface area contributed by atoms with E-state index in [1.807, 2.05) is 0 Å². The Kier molecular flexibility index (Phi) is 5.55. The summed E-state index contributed by atoms with van der Waals surface area (Å²) in [7, 11) is -2.21. The molecule has 1 aliphatic rings. The third-order valence-electron chi connectivity index (χ3n) is 3.95. The number of rotatable bonds is 5. The van der Waals surface area contributed by atoms with Crippen molar-refractivity contribution >= 4 is 16.0 Å². The molecule has 0 spiro atoms. The van der Waals surface area contributed by atoms with Crippen molar-refractivity contribution in [3.8, 4) is 11.5 Å². The molecule has 138 valence electrons. The molecule has 8 heteroatoms. The van der Waals surface area contributed by atoms with Gasteiger partial charge in [0, 0.05) is 13.1 Å². The van der Waals surface area contributed by atoms with Crippen LogP contribution in [0.3, 0.4) is 0 Å². The highest BCUT2D eigenvalue weighted by atomic mass is 32.2. The molecule has 7 nitrogen and oxygen atoms in total. The summed E-state index contributed by atoms with van der Waals surface area (Å²) in [4.78, 5) is 12.5. The van der Waals surface area contributed by atoms with E-state index >= 15 is 0 Å². The van der Waals surface area contributed by atoms with Gasteiger partial charge >= 0.3 is 5.97 Å². The summed E-state index contributed by atoms with van der Waals surface area (Å²) in [5, 5.41) is 0. The van der Waals surface area contributed by atoms with Crippen molar-refractivity contribution < 1.29 is 27.4 Å². The van der Waals surface area contributed by atoms with Crippen LogP contribution in [0.15, 0.2) is 53.4 Å². The summed E-state index contributed by atoms with van der Waals surface area (Å²) in [6.07, 6.45) is 0. The lowest BCUT2D eigenvalue weighted by Gasteiger charge is -2.26. The maximum atomic E-state index is 12.7. The quantitative estimate of drug-likeness (QED) is 0.585. The minimum absolute atomic E-state index is 0.0499. The molecule has 1 aliphatic heterocycles. The van der Waals surface area contributed by atoms with E-state index in [0.29, 0.717) is 19.0 Å². The van der Waals surface area contributed by atoms with Crippen LogP contribution in [0.5, 0.6) is 11.5 Å². The van der Waals surface area contributed by atoms with Gasteiger partial charge in [-0.05, 0) is 30.3 Å². The Hall–Kier alpha value is -2.42. The van der Waals surface area contributed by atoms with Crippen molar-refractivity contribution in [3.05, 3.63) is 54.1 Å². The largest absolute Gasteiger partial charge is 0.493 e. The molecule has 0 amide bonds. The van der Waals surface area contributed by atoms with Crippen molar-refractivity contribution in [1.29, 1.82) is 0 Å². The summed E-state index contributed by atoms with van der Waals surface area (Å²) < 4.78 is 42.5. The molecule has 2 aromatic rings. The molecule has 0 aromatic heterocycles. The highest BCUT2D eigenvalue weighted by molar-refractivity contribution is 7.89. The van der Waals surface area contributed by atoms with E-state index in [1.54, 1.807) is 24.3 Å². The van der Waals surface area contributed by atoms with Gasteiger partial charge in [-0.3, -0.25) is 0 Å². The van der Waals surface area contributed by atoms with E-state index in [1.165, 1.54) is 35.7 Å². The number of hydrogen-bond acceptors (Lipinski definition) is 6. The lowest BCUT2D eigenvalue weighted by Crippen LogP contribution is -2.40. The van der Waals surface area contributed by atoms with Gasteiger partial charge in [0.2, 0.25) is 10.0 Å². The molecule has 0 N–H and O–H groups in total. The standard InChI is InChI=1S/C18H19NO6S/c1-23-16-7-2-3-8-17(16)25-18(20)14-5-4-6-15(13-14)26(21,22)19-9-11-24-12-10-19/h2-8,13H,9-12H2,1H3. The van der Waals surface area contributed by atoms with Crippen LogP contribution in [-0.4, -0.2) is 52.1 Å². The van der Waals surface area contributed by atoms with E-state index < -0.39 is 16.0 Å². The SMILES string of the molecule is COc1ccccc1OC(=O)c1cccc(S(=O)(=O)N2CCOCC2)c1. The zero-order valence-corrected chi connectivity index (χ0v) is 15.1. The number of carbonyl (C=O) groups excluding carboxylic acids is 1. The molecule has 1 saturated heterocycles. The number of esters is 1. The third kappa shape index (κ3) is 3.87. The van der Waals surface area contributed by atoms with Gasteiger partial charge in [-0.25, -0.2) is 13.2 Å². The number of hydrogen-bond donors (Lipinski definition) is 0. The van der Waals surface area contributed by atoms with Crippen molar-refractivity contribution in [2.75, 3.05) is 33.4 Å².